The maximum atomic E-state index is 12.8. The van der Waals surface area contributed by atoms with E-state index in [1.54, 1.807) is 25.4 Å². The Kier molecular flexibility index (Phi) is 5.02. The summed E-state index contributed by atoms with van der Waals surface area (Å²) in [6.07, 6.45) is 2.59. The van der Waals surface area contributed by atoms with Crippen LogP contribution in [0.5, 0.6) is 5.75 Å². The number of H-pyrrole nitrogens is 1. The third-order valence-corrected chi connectivity index (χ3v) is 4.38. The zero-order chi connectivity index (χ0) is 17.8. The van der Waals surface area contributed by atoms with Gasteiger partial charge < -0.3 is 19.9 Å². The monoisotopic (exact) mass is 342 g/mol. The zero-order valence-electron chi connectivity index (χ0n) is 14.4. The number of aromatic amines is 1. The molecule has 132 valence electrons. The first-order valence-corrected chi connectivity index (χ1v) is 8.29. The number of imidazole rings is 1. The van der Waals surface area contributed by atoms with E-state index in [2.05, 4.69) is 15.3 Å². The van der Waals surface area contributed by atoms with Gasteiger partial charge in [0.05, 0.1) is 31.1 Å². The molecule has 1 aromatic heterocycles. The minimum atomic E-state index is -0.0782. The molecule has 0 bridgehead atoms. The Labute approximate surface area is 146 Å². The van der Waals surface area contributed by atoms with Gasteiger partial charge in [-0.1, -0.05) is 12.1 Å². The second kappa shape index (κ2) is 7.38. The van der Waals surface area contributed by atoms with Crippen molar-refractivity contribution in [3.63, 3.8) is 0 Å². The first kappa shape index (κ1) is 17.0. The Balaban J connectivity index is 1.65. The average Bonchev–Trinajstić information content (AvgIpc) is 3.28. The van der Waals surface area contributed by atoms with Gasteiger partial charge in [0.15, 0.2) is 0 Å². The molecular formula is C18H22N4O3. The van der Waals surface area contributed by atoms with Crippen LogP contribution >= 0.6 is 0 Å². The number of hydrogen-bond acceptors (Lipinski definition) is 4. The molecule has 2 amide bonds. The number of benzene rings is 1. The van der Waals surface area contributed by atoms with Crippen molar-refractivity contribution in [2.24, 2.45) is 0 Å². The molecule has 0 saturated carbocycles. The maximum absolute atomic E-state index is 12.8. The predicted octanol–water partition coefficient (Wildman–Crippen LogP) is 1.68. The topological polar surface area (TPSA) is 87.3 Å². The lowest BCUT2D eigenvalue weighted by molar-refractivity contribution is -0.119. The molecule has 0 radical (unpaired) electrons. The summed E-state index contributed by atoms with van der Waals surface area (Å²) in [4.78, 5) is 33.2. The molecule has 1 aromatic carbocycles. The fourth-order valence-corrected chi connectivity index (χ4v) is 3.05. The standard InChI is InChI=1S/C18H22N4O3/c1-12(23)19-9-14-10-20-17(21-14)13-7-8-22(11-13)18(24)15-5-3-4-6-16(15)25-2/h3-6,10,13H,7-9,11H2,1-2H3,(H,19,23)(H,20,21)/t13-/m0/s1. The number of hydrogen-bond donors (Lipinski definition) is 2. The number of carbonyl (C=O) groups is 2. The summed E-state index contributed by atoms with van der Waals surface area (Å²) in [6.45, 7) is 3.21. The summed E-state index contributed by atoms with van der Waals surface area (Å²) < 4.78 is 5.29. The number of rotatable bonds is 5. The van der Waals surface area contributed by atoms with Crippen LogP contribution in [0.15, 0.2) is 30.5 Å². The number of methoxy groups -OCH3 is 1. The molecule has 2 N–H and O–H groups in total. The molecule has 1 aliphatic rings. The van der Waals surface area contributed by atoms with E-state index in [1.807, 2.05) is 17.0 Å². The molecule has 0 spiro atoms. The quantitative estimate of drug-likeness (QED) is 0.865. The van der Waals surface area contributed by atoms with Gasteiger partial charge in [0.1, 0.15) is 11.6 Å². The maximum Gasteiger partial charge on any atom is 0.257 e. The highest BCUT2D eigenvalue weighted by molar-refractivity contribution is 5.97. The Hall–Kier alpha value is -2.83. The summed E-state index contributed by atoms with van der Waals surface area (Å²) in [6, 6.07) is 7.26. The van der Waals surface area contributed by atoms with Crippen molar-refractivity contribution < 1.29 is 14.3 Å². The summed E-state index contributed by atoms with van der Waals surface area (Å²) in [5.74, 6) is 1.52. The fraction of sp³-hybridized carbons (Fsp3) is 0.389. The molecule has 1 aliphatic heterocycles. The molecule has 2 aromatic rings. The van der Waals surface area contributed by atoms with E-state index < -0.39 is 0 Å². The van der Waals surface area contributed by atoms with Gasteiger partial charge in [-0.25, -0.2) is 4.98 Å². The van der Waals surface area contributed by atoms with Crippen molar-refractivity contribution in [3.05, 3.63) is 47.5 Å². The number of amides is 2. The van der Waals surface area contributed by atoms with E-state index in [-0.39, 0.29) is 17.7 Å². The number of nitrogens with one attached hydrogen (secondary N) is 2. The normalized spacial score (nSPS) is 16.7. The summed E-state index contributed by atoms with van der Waals surface area (Å²) >= 11 is 0. The van der Waals surface area contributed by atoms with E-state index in [1.165, 1.54) is 6.92 Å². The van der Waals surface area contributed by atoms with Crippen LogP contribution in [0.1, 0.15) is 41.1 Å². The van der Waals surface area contributed by atoms with Gasteiger partial charge in [0.2, 0.25) is 5.91 Å². The molecule has 7 nitrogen and oxygen atoms in total. The second-order valence-corrected chi connectivity index (χ2v) is 6.14. The molecule has 1 saturated heterocycles. The highest BCUT2D eigenvalue weighted by Crippen LogP contribution is 2.28. The molecule has 25 heavy (non-hydrogen) atoms. The Bertz CT molecular complexity index is 771. The fourth-order valence-electron chi connectivity index (χ4n) is 3.05. The van der Waals surface area contributed by atoms with E-state index in [0.29, 0.717) is 30.9 Å². The lowest BCUT2D eigenvalue weighted by Gasteiger charge is -2.17. The SMILES string of the molecule is COc1ccccc1C(=O)N1CC[C@H](c2ncc(CNC(C)=O)[nH]2)C1. The third kappa shape index (κ3) is 3.81. The highest BCUT2D eigenvalue weighted by atomic mass is 16.5. The number of nitrogens with zero attached hydrogens (tertiary/aromatic N) is 2. The number of likely N-dealkylation sites (tertiary alicyclic amines) is 1. The first-order valence-electron chi connectivity index (χ1n) is 8.29. The van der Waals surface area contributed by atoms with E-state index in [9.17, 15) is 9.59 Å². The molecule has 0 unspecified atom stereocenters. The molecule has 7 heteroatoms. The van der Waals surface area contributed by atoms with Crippen LogP contribution in [0.25, 0.3) is 0 Å². The van der Waals surface area contributed by atoms with Crippen molar-refractivity contribution in [1.29, 1.82) is 0 Å². The minimum absolute atomic E-state index is 0.0232. The predicted molar refractivity (Wildman–Crippen MR) is 92.4 cm³/mol. The van der Waals surface area contributed by atoms with Gasteiger partial charge in [-0.3, -0.25) is 9.59 Å². The number of aromatic nitrogens is 2. The van der Waals surface area contributed by atoms with Crippen LogP contribution in [-0.2, 0) is 11.3 Å². The molecule has 0 aliphatic carbocycles. The molecule has 2 heterocycles. The van der Waals surface area contributed by atoms with Gasteiger partial charge in [0.25, 0.3) is 5.91 Å². The largest absolute Gasteiger partial charge is 0.496 e. The Morgan fingerprint density at radius 3 is 2.96 bits per heavy atom. The van der Waals surface area contributed by atoms with E-state index in [4.69, 9.17) is 4.74 Å². The minimum Gasteiger partial charge on any atom is -0.496 e. The summed E-state index contributed by atoms with van der Waals surface area (Å²) in [5, 5.41) is 2.74. The van der Waals surface area contributed by atoms with Crippen molar-refractivity contribution >= 4 is 11.8 Å². The van der Waals surface area contributed by atoms with Crippen LogP contribution in [0.3, 0.4) is 0 Å². The van der Waals surface area contributed by atoms with Gasteiger partial charge in [0, 0.05) is 25.9 Å². The number of para-hydroxylation sites is 1. The highest BCUT2D eigenvalue weighted by Gasteiger charge is 2.30. The van der Waals surface area contributed by atoms with E-state index >= 15 is 0 Å². The van der Waals surface area contributed by atoms with Crippen LogP contribution in [-0.4, -0.2) is 46.9 Å². The number of carbonyl (C=O) groups excluding carboxylic acids is 2. The van der Waals surface area contributed by atoms with Crippen LogP contribution in [0.4, 0.5) is 0 Å². The van der Waals surface area contributed by atoms with Crippen LogP contribution in [0.2, 0.25) is 0 Å². The van der Waals surface area contributed by atoms with Gasteiger partial charge in [-0.2, -0.15) is 0 Å². The zero-order valence-corrected chi connectivity index (χ0v) is 14.4. The summed E-state index contributed by atoms with van der Waals surface area (Å²) in [5.41, 5.74) is 1.44. The molecular weight excluding hydrogens is 320 g/mol. The lowest BCUT2D eigenvalue weighted by Crippen LogP contribution is -2.28. The summed E-state index contributed by atoms with van der Waals surface area (Å²) in [7, 11) is 1.57. The Morgan fingerprint density at radius 2 is 2.20 bits per heavy atom. The van der Waals surface area contributed by atoms with Gasteiger partial charge in [-0.15, -0.1) is 0 Å². The second-order valence-electron chi connectivity index (χ2n) is 6.14. The van der Waals surface area contributed by atoms with Crippen LogP contribution < -0.4 is 10.1 Å². The van der Waals surface area contributed by atoms with E-state index in [0.717, 1.165) is 17.9 Å². The van der Waals surface area contributed by atoms with Crippen LogP contribution in [0, 0.1) is 0 Å². The average molecular weight is 342 g/mol. The molecule has 3 rings (SSSR count). The van der Waals surface area contributed by atoms with Gasteiger partial charge in [-0.05, 0) is 18.6 Å². The molecule has 1 atom stereocenters. The number of ether oxygens (including phenoxy) is 1. The lowest BCUT2D eigenvalue weighted by atomic mass is 10.1. The third-order valence-electron chi connectivity index (χ3n) is 4.38. The molecule has 1 fully saturated rings. The van der Waals surface area contributed by atoms with Gasteiger partial charge >= 0.3 is 0 Å². The van der Waals surface area contributed by atoms with Crippen molar-refractivity contribution in [2.75, 3.05) is 20.2 Å². The van der Waals surface area contributed by atoms with Crippen molar-refractivity contribution in [3.8, 4) is 5.75 Å². The van der Waals surface area contributed by atoms with Crippen molar-refractivity contribution in [1.82, 2.24) is 20.2 Å². The Morgan fingerprint density at radius 1 is 1.40 bits per heavy atom. The smallest absolute Gasteiger partial charge is 0.257 e. The first-order chi connectivity index (χ1) is 12.1. The van der Waals surface area contributed by atoms with Crippen molar-refractivity contribution in [2.45, 2.75) is 25.8 Å².